The van der Waals surface area contributed by atoms with Crippen LogP contribution in [-0.2, 0) is 0 Å². The zero-order valence-electron chi connectivity index (χ0n) is 8.68. The van der Waals surface area contributed by atoms with Crippen molar-refractivity contribution in [1.82, 2.24) is 0 Å². The molecule has 0 saturated carbocycles. The van der Waals surface area contributed by atoms with Gasteiger partial charge in [0, 0.05) is 0 Å². The summed E-state index contributed by atoms with van der Waals surface area (Å²) in [6, 6.07) is 4.31. The molecule has 0 aromatic heterocycles. The summed E-state index contributed by atoms with van der Waals surface area (Å²) >= 11 is 0. The molecular formula is C10H16ClNO3. The number of phenolic OH excluding ortho intramolecular Hbond substituents is 1. The van der Waals surface area contributed by atoms with E-state index in [9.17, 15) is 10.2 Å². The average molecular weight is 234 g/mol. The van der Waals surface area contributed by atoms with Gasteiger partial charge in [-0.15, -0.1) is 12.4 Å². The molecule has 0 bridgehead atoms. The van der Waals surface area contributed by atoms with Crippen LogP contribution in [-0.4, -0.2) is 23.4 Å². The van der Waals surface area contributed by atoms with Crippen molar-refractivity contribution >= 4 is 12.4 Å². The van der Waals surface area contributed by atoms with Crippen molar-refractivity contribution in [3.8, 4) is 11.5 Å². The zero-order valence-corrected chi connectivity index (χ0v) is 9.49. The van der Waals surface area contributed by atoms with Crippen LogP contribution in [0.4, 0.5) is 0 Å². The maximum atomic E-state index is 9.33. The predicted molar refractivity (Wildman–Crippen MR) is 60.5 cm³/mol. The van der Waals surface area contributed by atoms with Crippen LogP contribution in [0.5, 0.6) is 11.5 Å². The largest absolute Gasteiger partial charge is 0.504 e. The van der Waals surface area contributed by atoms with Crippen LogP contribution in [0.15, 0.2) is 18.2 Å². The molecule has 1 aromatic carbocycles. The number of nitrogens with two attached hydrogens (primary N) is 1. The van der Waals surface area contributed by atoms with Crippen LogP contribution in [0.3, 0.4) is 0 Å². The molecule has 0 aliphatic rings. The number of aliphatic hydroxyl groups is 1. The van der Waals surface area contributed by atoms with Crippen LogP contribution >= 0.6 is 12.4 Å². The van der Waals surface area contributed by atoms with Crippen LogP contribution in [0.2, 0.25) is 0 Å². The molecule has 5 heteroatoms. The summed E-state index contributed by atoms with van der Waals surface area (Å²) in [5, 5.41) is 18.6. The Hall–Kier alpha value is -0.970. The molecule has 0 radical (unpaired) electrons. The molecule has 1 rings (SSSR count). The Balaban J connectivity index is 0.00000196. The fourth-order valence-corrected chi connectivity index (χ4v) is 1.18. The van der Waals surface area contributed by atoms with Gasteiger partial charge in [-0.2, -0.15) is 0 Å². The zero-order chi connectivity index (χ0) is 10.7. The van der Waals surface area contributed by atoms with Crippen molar-refractivity contribution in [2.45, 2.75) is 19.1 Å². The van der Waals surface area contributed by atoms with Gasteiger partial charge in [0.25, 0.3) is 0 Å². The highest BCUT2D eigenvalue weighted by Crippen LogP contribution is 2.28. The monoisotopic (exact) mass is 233 g/mol. The molecule has 86 valence electrons. The number of methoxy groups -OCH3 is 1. The van der Waals surface area contributed by atoms with E-state index in [1.54, 1.807) is 19.1 Å². The van der Waals surface area contributed by atoms with Gasteiger partial charge >= 0.3 is 0 Å². The third-order valence-corrected chi connectivity index (χ3v) is 2.11. The van der Waals surface area contributed by atoms with E-state index >= 15 is 0 Å². The molecule has 0 unspecified atom stereocenters. The Morgan fingerprint density at radius 3 is 2.47 bits per heavy atom. The van der Waals surface area contributed by atoms with E-state index in [1.165, 1.54) is 13.2 Å². The first-order chi connectivity index (χ1) is 6.56. The number of rotatable bonds is 3. The first-order valence-corrected chi connectivity index (χ1v) is 4.36. The molecular weight excluding hydrogens is 218 g/mol. The molecule has 0 aliphatic carbocycles. The molecule has 0 spiro atoms. The molecule has 0 fully saturated rings. The lowest BCUT2D eigenvalue weighted by Crippen LogP contribution is -2.23. The number of halogens is 1. The third kappa shape index (κ3) is 3.27. The van der Waals surface area contributed by atoms with Crippen molar-refractivity contribution in [2.24, 2.45) is 5.73 Å². The Bertz CT molecular complexity index is 318. The minimum Gasteiger partial charge on any atom is -0.504 e. The maximum absolute atomic E-state index is 9.33. The van der Waals surface area contributed by atoms with Gasteiger partial charge in [-0.1, -0.05) is 6.07 Å². The molecule has 1 aromatic rings. The van der Waals surface area contributed by atoms with E-state index in [0.29, 0.717) is 5.75 Å². The number of aromatic hydroxyl groups is 1. The van der Waals surface area contributed by atoms with Crippen LogP contribution in [0.1, 0.15) is 18.5 Å². The molecule has 0 aliphatic heterocycles. The van der Waals surface area contributed by atoms with Gasteiger partial charge in [-0.25, -0.2) is 0 Å². The number of aliphatic hydroxyl groups excluding tert-OH is 1. The van der Waals surface area contributed by atoms with Gasteiger partial charge in [0.05, 0.1) is 19.3 Å². The van der Waals surface area contributed by atoms with E-state index in [1.807, 2.05) is 0 Å². The van der Waals surface area contributed by atoms with E-state index in [2.05, 4.69) is 0 Å². The minimum absolute atomic E-state index is 0. The van der Waals surface area contributed by atoms with Gasteiger partial charge in [0.15, 0.2) is 11.5 Å². The van der Waals surface area contributed by atoms with Crippen LogP contribution in [0.25, 0.3) is 0 Å². The highest BCUT2D eigenvalue weighted by Gasteiger charge is 2.13. The van der Waals surface area contributed by atoms with Gasteiger partial charge in [0.2, 0.25) is 0 Å². The number of ether oxygens (including phenoxy) is 1. The summed E-state index contributed by atoms with van der Waals surface area (Å²) in [5.41, 5.74) is 6.46. The molecule has 0 amide bonds. The van der Waals surface area contributed by atoms with E-state index < -0.39 is 12.1 Å². The second-order valence-electron chi connectivity index (χ2n) is 3.20. The Kier molecular flexibility index (Phi) is 5.43. The van der Waals surface area contributed by atoms with Gasteiger partial charge in [-0.3, -0.25) is 0 Å². The van der Waals surface area contributed by atoms with Crippen LogP contribution < -0.4 is 10.5 Å². The second-order valence-corrected chi connectivity index (χ2v) is 3.20. The number of hydrogen-bond acceptors (Lipinski definition) is 4. The van der Waals surface area contributed by atoms with Crippen molar-refractivity contribution in [2.75, 3.05) is 7.11 Å². The molecule has 0 heterocycles. The van der Waals surface area contributed by atoms with E-state index in [-0.39, 0.29) is 18.2 Å². The van der Waals surface area contributed by atoms with Crippen molar-refractivity contribution in [1.29, 1.82) is 0 Å². The van der Waals surface area contributed by atoms with Crippen molar-refractivity contribution in [3.63, 3.8) is 0 Å². The lowest BCUT2D eigenvalue weighted by Gasteiger charge is -2.16. The third-order valence-electron chi connectivity index (χ3n) is 2.11. The summed E-state index contributed by atoms with van der Waals surface area (Å²) in [6.07, 6.45) is -0.635. The lowest BCUT2D eigenvalue weighted by atomic mass is 10.0. The molecule has 2 atom stereocenters. The molecule has 15 heavy (non-hydrogen) atoms. The first kappa shape index (κ1) is 14.0. The Morgan fingerprint density at radius 2 is 2.00 bits per heavy atom. The van der Waals surface area contributed by atoms with Gasteiger partial charge in [0.1, 0.15) is 0 Å². The minimum atomic E-state index is -0.635. The summed E-state index contributed by atoms with van der Waals surface area (Å²) in [6.45, 7) is 1.62. The number of hydrogen-bond donors (Lipinski definition) is 3. The first-order valence-electron chi connectivity index (χ1n) is 4.36. The highest BCUT2D eigenvalue weighted by molar-refractivity contribution is 5.85. The average Bonchev–Trinajstić information content (AvgIpc) is 2.17. The number of phenols is 1. The van der Waals surface area contributed by atoms with Gasteiger partial charge < -0.3 is 20.7 Å². The van der Waals surface area contributed by atoms with E-state index in [4.69, 9.17) is 10.5 Å². The SMILES string of the molecule is COc1cc([C@H](N)[C@@H](C)O)ccc1O.Cl. The highest BCUT2D eigenvalue weighted by atomic mass is 35.5. The predicted octanol–water partition coefficient (Wildman–Crippen LogP) is 1.20. The van der Waals surface area contributed by atoms with Gasteiger partial charge in [-0.05, 0) is 24.6 Å². The lowest BCUT2D eigenvalue weighted by molar-refractivity contribution is 0.164. The normalized spacial score (nSPS) is 13.9. The fourth-order valence-electron chi connectivity index (χ4n) is 1.18. The van der Waals surface area contributed by atoms with Crippen molar-refractivity contribution < 1.29 is 14.9 Å². The molecule has 4 N–H and O–H groups in total. The number of benzene rings is 1. The smallest absolute Gasteiger partial charge is 0.160 e. The molecule has 4 nitrogen and oxygen atoms in total. The topological polar surface area (TPSA) is 75.7 Å². The van der Waals surface area contributed by atoms with Crippen molar-refractivity contribution in [3.05, 3.63) is 23.8 Å². The standard InChI is InChI=1S/C10H15NO3.ClH/c1-6(12)10(11)7-3-4-8(13)9(5-7)14-2;/h3-6,10,12-13H,11H2,1-2H3;1H/t6-,10-;/m1./s1. The van der Waals surface area contributed by atoms with E-state index in [0.717, 1.165) is 5.56 Å². The molecule has 0 saturated heterocycles. The Morgan fingerprint density at radius 1 is 1.40 bits per heavy atom. The quantitative estimate of drug-likeness (QED) is 0.734. The fraction of sp³-hybridized carbons (Fsp3) is 0.400. The Labute approximate surface area is 95.1 Å². The summed E-state index contributed by atoms with van der Waals surface area (Å²) < 4.78 is 4.93. The summed E-state index contributed by atoms with van der Waals surface area (Å²) in [5.74, 6) is 0.424. The summed E-state index contributed by atoms with van der Waals surface area (Å²) in [7, 11) is 1.47. The summed E-state index contributed by atoms with van der Waals surface area (Å²) in [4.78, 5) is 0. The van der Waals surface area contributed by atoms with Crippen LogP contribution in [0, 0.1) is 0 Å². The second kappa shape index (κ2) is 5.80. The maximum Gasteiger partial charge on any atom is 0.160 e.